The second kappa shape index (κ2) is 5.35. The molecule has 2 aromatic rings. The molecular formula is C11H16N6O. The highest BCUT2D eigenvalue weighted by Gasteiger charge is 2.08. The van der Waals surface area contributed by atoms with Gasteiger partial charge in [-0.2, -0.15) is 15.0 Å². The molecule has 0 saturated carbocycles. The van der Waals surface area contributed by atoms with E-state index in [1.165, 1.54) is 0 Å². The van der Waals surface area contributed by atoms with Crippen LogP contribution >= 0.6 is 0 Å². The standard InChI is InChI=1S/C11H16N6O/c1-13-10-14-9(12)15-11(16-10)17(2)5-3-8-4-6-18-7-8/h4,6-7H,3,5H2,1-2H3,(H3,12,13,14,15,16). The Morgan fingerprint density at radius 2 is 2.22 bits per heavy atom. The number of nitrogen functional groups attached to an aromatic ring is 1. The van der Waals surface area contributed by atoms with Crippen LogP contribution in [-0.2, 0) is 6.42 Å². The van der Waals surface area contributed by atoms with Crippen molar-refractivity contribution in [3.63, 3.8) is 0 Å². The number of hydrogen-bond donors (Lipinski definition) is 2. The van der Waals surface area contributed by atoms with Crippen LogP contribution in [0.3, 0.4) is 0 Å². The summed E-state index contributed by atoms with van der Waals surface area (Å²) in [5.41, 5.74) is 6.76. The molecule has 0 spiro atoms. The Labute approximate surface area is 105 Å². The van der Waals surface area contributed by atoms with Crippen LogP contribution in [0.5, 0.6) is 0 Å². The lowest BCUT2D eigenvalue weighted by molar-refractivity contribution is 0.563. The summed E-state index contributed by atoms with van der Waals surface area (Å²) in [4.78, 5) is 14.2. The largest absolute Gasteiger partial charge is 0.472 e. The van der Waals surface area contributed by atoms with E-state index in [1.54, 1.807) is 19.6 Å². The molecule has 3 N–H and O–H groups in total. The number of nitrogens with two attached hydrogens (primary N) is 1. The Morgan fingerprint density at radius 1 is 1.39 bits per heavy atom. The molecule has 2 heterocycles. The van der Waals surface area contributed by atoms with Gasteiger partial charge in [-0.05, 0) is 18.1 Å². The van der Waals surface area contributed by atoms with Crippen LogP contribution in [0, 0.1) is 0 Å². The molecule has 0 radical (unpaired) electrons. The van der Waals surface area contributed by atoms with Crippen LogP contribution in [-0.4, -0.2) is 35.6 Å². The summed E-state index contributed by atoms with van der Waals surface area (Å²) in [7, 11) is 3.65. The average molecular weight is 248 g/mol. The number of furan rings is 1. The van der Waals surface area contributed by atoms with E-state index in [2.05, 4.69) is 20.3 Å². The zero-order valence-electron chi connectivity index (χ0n) is 10.4. The first-order valence-corrected chi connectivity index (χ1v) is 5.60. The smallest absolute Gasteiger partial charge is 0.231 e. The molecule has 0 bridgehead atoms. The molecule has 0 fully saturated rings. The number of anilines is 3. The van der Waals surface area contributed by atoms with Crippen LogP contribution in [0.1, 0.15) is 5.56 Å². The lowest BCUT2D eigenvalue weighted by atomic mass is 10.2. The Balaban J connectivity index is 2.03. The normalized spacial score (nSPS) is 10.3. The van der Waals surface area contributed by atoms with E-state index >= 15 is 0 Å². The van der Waals surface area contributed by atoms with Gasteiger partial charge in [0.15, 0.2) is 0 Å². The topological polar surface area (TPSA) is 93.1 Å². The van der Waals surface area contributed by atoms with Gasteiger partial charge in [0.25, 0.3) is 0 Å². The van der Waals surface area contributed by atoms with Gasteiger partial charge in [0.05, 0.1) is 12.5 Å². The van der Waals surface area contributed by atoms with Crippen molar-refractivity contribution in [2.45, 2.75) is 6.42 Å². The van der Waals surface area contributed by atoms with Crippen molar-refractivity contribution in [3.05, 3.63) is 24.2 Å². The molecule has 0 unspecified atom stereocenters. The van der Waals surface area contributed by atoms with Gasteiger partial charge in [0, 0.05) is 20.6 Å². The van der Waals surface area contributed by atoms with E-state index < -0.39 is 0 Å². The van der Waals surface area contributed by atoms with Crippen LogP contribution in [0.2, 0.25) is 0 Å². The maximum Gasteiger partial charge on any atom is 0.231 e. The van der Waals surface area contributed by atoms with Gasteiger partial charge in [-0.25, -0.2) is 0 Å². The Bertz CT molecular complexity index is 498. The number of hydrogen-bond acceptors (Lipinski definition) is 7. The maximum atomic E-state index is 5.62. The fourth-order valence-corrected chi connectivity index (χ4v) is 1.49. The fourth-order valence-electron chi connectivity index (χ4n) is 1.49. The van der Waals surface area contributed by atoms with E-state index in [4.69, 9.17) is 10.2 Å². The molecule has 2 aromatic heterocycles. The monoisotopic (exact) mass is 248 g/mol. The second-order valence-corrected chi connectivity index (χ2v) is 3.87. The summed E-state index contributed by atoms with van der Waals surface area (Å²) in [5, 5.41) is 2.85. The Morgan fingerprint density at radius 3 is 2.89 bits per heavy atom. The van der Waals surface area contributed by atoms with Gasteiger partial charge in [-0.15, -0.1) is 0 Å². The first-order chi connectivity index (χ1) is 8.69. The molecule has 0 aliphatic heterocycles. The molecule has 7 nitrogen and oxygen atoms in total. The summed E-state index contributed by atoms with van der Waals surface area (Å²) in [6.07, 6.45) is 4.25. The van der Waals surface area contributed by atoms with E-state index in [9.17, 15) is 0 Å². The van der Waals surface area contributed by atoms with Gasteiger partial charge < -0.3 is 20.4 Å². The van der Waals surface area contributed by atoms with E-state index in [0.29, 0.717) is 11.9 Å². The van der Waals surface area contributed by atoms with Crippen LogP contribution < -0.4 is 16.0 Å². The van der Waals surface area contributed by atoms with Crippen molar-refractivity contribution in [1.29, 1.82) is 0 Å². The third kappa shape index (κ3) is 2.88. The quantitative estimate of drug-likeness (QED) is 0.807. The predicted molar refractivity (Wildman–Crippen MR) is 69.5 cm³/mol. The summed E-state index contributed by atoms with van der Waals surface area (Å²) < 4.78 is 5.02. The fraction of sp³-hybridized carbons (Fsp3) is 0.364. The van der Waals surface area contributed by atoms with Crippen molar-refractivity contribution in [3.8, 4) is 0 Å². The van der Waals surface area contributed by atoms with Crippen molar-refractivity contribution in [2.75, 3.05) is 36.6 Å². The molecule has 0 aliphatic carbocycles. The lowest BCUT2D eigenvalue weighted by Crippen LogP contribution is -2.23. The molecule has 0 aliphatic rings. The van der Waals surface area contributed by atoms with Gasteiger partial charge >= 0.3 is 0 Å². The van der Waals surface area contributed by atoms with Gasteiger partial charge in [-0.1, -0.05) is 0 Å². The van der Waals surface area contributed by atoms with E-state index in [-0.39, 0.29) is 5.95 Å². The number of nitrogens with one attached hydrogen (secondary N) is 1. The highest BCUT2D eigenvalue weighted by atomic mass is 16.3. The maximum absolute atomic E-state index is 5.62. The Kier molecular flexibility index (Phi) is 3.61. The molecule has 0 atom stereocenters. The first-order valence-electron chi connectivity index (χ1n) is 5.60. The highest BCUT2D eigenvalue weighted by molar-refractivity contribution is 5.41. The third-order valence-electron chi connectivity index (χ3n) is 2.52. The van der Waals surface area contributed by atoms with Gasteiger partial charge in [0.2, 0.25) is 17.8 Å². The lowest BCUT2D eigenvalue weighted by Gasteiger charge is -2.17. The minimum absolute atomic E-state index is 0.208. The number of likely N-dealkylation sites (N-methyl/N-ethyl adjacent to an activating group) is 1. The predicted octanol–water partition coefficient (Wildman–Crippen LogP) is 0.767. The van der Waals surface area contributed by atoms with Crippen molar-refractivity contribution in [2.24, 2.45) is 0 Å². The molecule has 2 rings (SSSR count). The van der Waals surface area contributed by atoms with Crippen molar-refractivity contribution in [1.82, 2.24) is 15.0 Å². The minimum Gasteiger partial charge on any atom is -0.472 e. The number of aromatic nitrogens is 3. The highest BCUT2D eigenvalue weighted by Crippen LogP contribution is 2.11. The molecule has 0 aromatic carbocycles. The zero-order chi connectivity index (χ0) is 13.0. The van der Waals surface area contributed by atoms with Crippen LogP contribution in [0.15, 0.2) is 23.0 Å². The SMILES string of the molecule is CNc1nc(N)nc(N(C)CCc2ccoc2)n1. The second-order valence-electron chi connectivity index (χ2n) is 3.87. The minimum atomic E-state index is 0.208. The summed E-state index contributed by atoms with van der Waals surface area (Å²) >= 11 is 0. The molecular weight excluding hydrogens is 232 g/mol. The van der Waals surface area contributed by atoms with Crippen LogP contribution in [0.4, 0.5) is 17.8 Å². The molecule has 0 saturated heterocycles. The van der Waals surface area contributed by atoms with Crippen LogP contribution in [0.25, 0.3) is 0 Å². The first kappa shape index (κ1) is 12.2. The summed E-state index contributed by atoms with van der Waals surface area (Å²) in [6.45, 7) is 0.770. The van der Waals surface area contributed by atoms with Gasteiger partial charge in [-0.3, -0.25) is 0 Å². The van der Waals surface area contributed by atoms with E-state index in [0.717, 1.165) is 18.5 Å². The number of nitrogens with zero attached hydrogens (tertiary/aromatic N) is 4. The molecule has 96 valence electrons. The summed E-state index contributed by atoms with van der Waals surface area (Å²) in [6, 6.07) is 1.94. The van der Waals surface area contributed by atoms with Crippen molar-refractivity contribution < 1.29 is 4.42 Å². The molecule has 0 amide bonds. The molecule has 18 heavy (non-hydrogen) atoms. The van der Waals surface area contributed by atoms with Crippen molar-refractivity contribution >= 4 is 17.8 Å². The van der Waals surface area contributed by atoms with Gasteiger partial charge in [0.1, 0.15) is 0 Å². The zero-order valence-corrected chi connectivity index (χ0v) is 10.4. The Hall–Kier alpha value is -2.31. The van der Waals surface area contributed by atoms with E-state index in [1.807, 2.05) is 18.0 Å². The number of rotatable bonds is 5. The average Bonchev–Trinajstić information content (AvgIpc) is 2.88. The molecule has 7 heteroatoms. The summed E-state index contributed by atoms with van der Waals surface area (Å²) in [5.74, 6) is 1.22. The third-order valence-corrected chi connectivity index (χ3v) is 2.52.